The van der Waals surface area contributed by atoms with Crippen molar-refractivity contribution in [3.05, 3.63) is 0 Å². The number of nitrogens with zero attached hydrogens (tertiary/aromatic N) is 1. The molecular weight excluding hydrogens is 114 g/mol. The maximum absolute atomic E-state index is 10.3. The highest BCUT2D eigenvalue weighted by Gasteiger charge is 2.24. The molecule has 0 aliphatic carbocycles. The maximum atomic E-state index is 10.3. The molecule has 0 aromatic heterocycles. The van der Waals surface area contributed by atoms with Crippen molar-refractivity contribution in [3.8, 4) is 0 Å². The molecule has 0 amide bonds. The van der Waals surface area contributed by atoms with Crippen molar-refractivity contribution in [2.75, 3.05) is 14.1 Å². The molecule has 0 rings (SSSR count). The monoisotopic (exact) mass is 128 g/mol. The van der Waals surface area contributed by atoms with Gasteiger partial charge in [0.2, 0.25) is 6.29 Å². The Morgan fingerprint density at radius 3 is 2.00 bits per heavy atom. The first-order valence-electron chi connectivity index (χ1n) is 3.13. The highest BCUT2D eigenvalue weighted by Crippen LogP contribution is 2.11. The summed E-state index contributed by atoms with van der Waals surface area (Å²) in [5, 5.41) is 0. The lowest BCUT2D eigenvalue weighted by atomic mass is 10.0. The summed E-state index contributed by atoms with van der Waals surface area (Å²) >= 11 is 0. The minimum absolute atomic E-state index is 0.389. The normalized spacial score (nSPS) is 17.4. The minimum Gasteiger partial charge on any atom is -0.297 e. The molecule has 53 valence electrons. The molecule has 1 radical (unpaired) electrons. The van der Waals surface area contributed by atoms with E-state index < -0.39 is 0 Å². The molecule has 0 aliphatic rings. The molecule has 0 N–H and O–H groups in total. The van der Waals surface area contributed by atoms with Gasteiger partial charge in [0.25, 0.3) is 0 Å². The van der Waals surface area contributed by atoms with Crippen molar-refractivity contribution in [3.63, 3.8) is 0 Å². The molecule has 0 bridgehead atoms. The molecule has 1 unspecified atom stereocenters. The van der Waals surface area contributed by atoms with Crippen molar-refractivity contribution in [2.45, 2.75) is 25.8 Å². The summed E-state index contributed by atoms with van der Waals surface area (Å²) in [5.41, 5.74) is -0.389. The second kappa shape index (κ2) is 2.97. The Bertz CT molecular complexity index is 101. The number of rotatable bonds is 3. The van der Waals surface area contributed by atoms with Crippen LogP contribution in [0, 0.1) is 0 Å². The van der Waals surface area contributed by atoms with E-state index in [4.69, 9.17) is 0 Å². The molecule has 0 aromatic rings. The first-order valence-corrected chi connectivity index (χ1v) is 3.13. The van der Waals surface area contributed by atoms with Crippen LogP contribution >= 0.6 is 0 Å². The number of hydrogen-bond donors (Lipinski definition) is 0. The molecule has 2 nitrogen and oxygen atoms in total. The van der Waals surface area contributed by atoms with Gasteiger partial charge in [-0.25, -0.2) is 0 Å². The van der Waals surface area contributed by atoms with Crippen LogP contribution in [0.4, 0.5) is 0 Å². The first-order chi connectivity index (χ1) is 4.06. The van der Waals surface area contributed by atoms with E-state index in [-0.39, 0.29) is 5.54 Å². The Balaban J connectivity index is 4.08. The average Bonchev–Trinajstić information content (AvgIpc) is 1.86. The van der Waals surface area contributed by atoms with Crippen LogP contribution in [0.2, 0.25) is 0 Å². The molecule has 0 heterocycles. The summed E-state index contributed by atoms with van der Waals surface area (Å²) < 4.78 is 0. The van der Waals surface area contributed by atoms with Gasteiger partial charge in [0, 0.05) is 0 Å². The second-order valence-corrected chi connectivity index (χ2v) is 2.62. The van der Waals surface area contributed by atoms with Crippen LogP contribution in [0.25, 0.3) is 0 Å². The molecule has 9 heavy (non-hydrogen) atoms. The van der Waals surface area contributed by atoms with Gasteiger partial charge in [0.1, 0.15) is 0 Å². The van der Waals surface area contributed by atoms with Gasteiger partial charge in [-0.1, -0.05) is 6.92 Å². The number of likely N-dealkylation sites (N-methyl/N-ethyl adjacent to an activating group) is 1. The van der Waals surface area contributed by atoms with E-state index in [1.54, 1.807) is 0 Å². The fourth-order valence-electron chi connectivity index (χ4n) is 0.480. The van der Waals surface area contributed by atoms with Crippen LogP contribution in [0.5, 0.6) is 0 Å². The van der Waals surface area contributed by atoms with E-state index in [9.17, 15) is 4.79 Å². The highest BCUT2D eigenvalue weighted by atomic mass is 16.1. The van der Waals surface area contributed by atoms with Crippen LogP contribution in [-0.4, -0.2) is 30.8 Å². The molecule has 0 fully saturated rings. The van der Waals surface area contributed by atoms with Crippen molar-refractivity contribution >= 4 is 6.29 Å². The fraction of sp³-hybridized carbons (Fsp3) is 0.857. The molecule has 0 aliphatic heterocycles. The zero-order valence-electron chi connectivity index (χ0n) is 6.56. The maximum Gasteiger partial charge on any atom is 0.220 e. The third-order valence-corrected chi connectivity index (χ3v) is 1.90. The van der Waals surface area contributed by atoms with Gasteiger partial charge in [-0.2, -0.15) is 0 Å². The van der Waals surface area contributed by atoms with E-state index in [2.05, 4.69) is 0 Å². The summed E-state index contributed by atoms with van der Waals surface area (Å²) in [6.07, 6.45) is 2.81. The van der Waals surface area contributed by atoms with E-state index in [0.29, 0.717) is 0 Å². The lowest BCUT2D eigenvalue weighted by Gasteiger charge is -2.28. The van der Waals surface area contributed by atoms with Gasteiger partial charge >= 0.3 is 0 Å². The van der Waals surface area contributed by atoms with Gasteiger partial charge in [0.05, 0.1) is 5.54 Å². The summed E-state index contributed by atoms with van der Waals surface area (Å²) in [6.45, 7) is 3.85. The summed E-state index contributed by atoms with van der Waals surface area (Å²) in [7, 11) is 3.77. The Hall–Kier alpha value is -0.370. The topological polar surface area (TPSA) is 20.3 Å². The summed E-state index contributed by atoms with van der Waals surface area (Å²) in [4.78, 5) is 12.2. The Labute approximate surface area is 56.9 Å². The Morgan fingerprint density at radius 2 is 2.00 bits per heavy atom. The third-order valence-electron chi connectivity index (χ3n) is 1.90. The summed E-state index contributed by atoms with van der Waals surface area (Å²) in [5.74, 6) is 0. The van der Waals surface area contributed by atoms with E-state index in [1.807, 2.05) is 39.1 Å². The van der Waals surface area contributed by atoms with E-state index in [0.717, 1.165) is 6.42 Å². The SMILES string of the molecule is CCC(C)([C]=O)N(C)C. The van der Waals surface area contributed by atoms with Crippen LogP contribution in [0.1, 0.15) is 20.3 Å². The predicted octanol–water partition coefficient (Wildman–Crippen LogP) is 0.826. The zero-order valence-corrected chi connectivity index (χ0v) is 6.56. The van der Waals surface area contributed by atoms with Crippen LogP contribution in [0.15, 0.2) is 0 Å². The summed E-state index contributed by atoms with van der Waals surface area (Å²) in [6, 6.07) is 0. The molecule has 0 spiro atoms. The van der Waals surface area contributed by atoms with Crippen LogP contribution in [0.3, 0.4) is 0 Å². The third kappa shape index (κ3) is 1.79. The lowest BCUT2D eigenvalue weighted by Crippen LogP contribution is -2.41. The van der Waals surface area contributed by atoms with Gasteiger partial charge in [0.15, 0.2) is 0 Å². The molecule has 0 saturated heterocycles. The molecule has 0 saturated carbocycles. The smallest absolute Gasteiger partial charge is 0.220 e. The van der Waals surface area contributed by atoms with Crippen LogP contribution in [-0.2, 0) is 4.79 Å². The van der Waals surface area contributed by atoms with Crippen molar-refractivity contribution in [2.24, 2.45) is 0 Å². The first kappa shape index (κ1) is 8.63. The van der Waals surface area contributed by atoms with Crippen molar-refractivity contribution in [1.82, 2.24) is 4.90 Å². The Morgan fingerprint density at radius 1 is 1.56 bits per heavy atom. The molecule has 2 heteroatoms. The number of carbonyl (C=O) groups excluding carboxylic acids is 1. The standard InChI is InChI=1S/C7H14NO/c1-5-7(2,6-9)8(3)4/h5H2,1-4H3. The van der Waals surface area contributed by atoms with Gasteiger partial charge in [-0.3, -0.25) is 9.69 Å². The largest absolute Gasteiger partial charge is 0.297 e. The van der Waals surface area contributed by atoms with E-state index in [1.165, 1.54) is 0 Å². The highest BCUT2D eigenvalue weighted by molar-refractivity contribution is 5.63. The lowest BCUT2D eigenvalue weighted by molar-refractivity contribution is 0.236. The number of hydrogen-bond acceptors (Lipinski definition) is 2. The molecule has 0 aromatic carbocycles. The quantitative estimate of drug-likeness (QED) is 0.561. The molecule has 1 atom stereocenters. The fourth-order valence-corrected chi connectivity index (χ4v) is 0.480. The van der Waals surface area contributed by atoms with Gasteiger partial charge in [-0.05, 0) is 27.4 Å². The van der Waals surface area contributed by atoms with Gasteiger partial charge < -0.3 is 0 Å². The van der Waals surface area contributed by atoms with Crippen LogP contribution < -0.4 is 0 Å². The van der Waals surface area contributed by atoms with Crippen molar-refractivity contribution in [1.29, 1.82) is 0 Å². The second-order valence-electron chi connectivity index (χ2n) is 2.62. The van der Waals surface area contributed by atoms with Gasteiger partial charge in [-0.15, -0.1) is 0 Å². The Kier molecular flexibility index (Phi) is 2.85. The molecular formula is C7H14NO. The van der Waals surface area contributed by atoms with E-state index >= 15 is 0 Å². The van der Waals surface area contributed by atoms with Crippen molar-refractivity contribution < 1.29 is 4.79 Å². The minimum atomic E-state index is -0.389. The zero-order chi connectivity index (χ0) is 7.49. The predicted molar refractivity (Wildman–Crippen MR) is 38.1 cm³/mol. The average molecular weight is 128 g/mol.